The molecule has 1 atom stereocenters. The average Bonchev–Trinajstić information content (AvgIpc) is 2.89. The highest BCUT2D eigenvalue weighted by molar-refractivity contribution is 6.31. The van der Waals surface area contributed by atoms with Crippen LogP contribution in [0.25, 0.3) is 11.0 Å². The third kappa shape index (κ3) is 3.17. The summed E-state index contributed by atoms with van der Waals surface area (Å²) in [7, 11) is 1.68. The number of fused-ring (bicyclic) bond motifs is 1. The Bertz CT molecular complexity index is 1230. The van der Waals surface area contributed by atoms with Gasteiger partial charge in [-0.05, 0) is 30.7 Å². The molecule has 148 valence electrons. The number of hydrogen-bond donors (Lipinski definition) is 2. The van der Waals surface area contributed by atoms with E-state index >= 15 is 0 Å². The van der Waals surface area contributed by atoms with Gasteiger partial charge in [0.15, 0.2) is 0 Å². The molecule has 0 spiro atoms. The number of rotatable bonds is 4. The van der Waals surface area contributed by atoms with E-state index in [4.69, 9.17) is 11.6 Å². The Morgan fingerprint density at radius 3 is 2.86 bits per heavy atom. The number of nitrogens with one attached hydrogen (secondary N) is 1. The summed E-state index contributed by atoms with van der Waals surface area (Å²) in [6, 6.07) is 8.85. The van der Waals surface area contributed by atoms with Gasteiger partial charge in [0.25, 0.3) is 0 Å². The van der Waals surface area contributed by atoms with Crippen molar-refractivity contribution in [3.8, 4) is 6.07 Å². The van der Waals surface area contributed by atoms with E-state index in [0.29, 0.717) is 29.9 Å². The first-order valence-corrected chi connectivity index (χ1v) is 9.29. The van der Waals surface area contributed by atoms with Crippen LogP contribution >= 0.6 is 11.6 Å². The number of aromatic nitrogens is 3. The molecule has 1 fully saturated rings. The van der Waals surface area contributed by atoms with Crippen molar-refractivity contribution in [3.05, 3.63) is 51.7 Å². The van der Waals surface area contributed by atoms with Gasteiger partial charge < -0.3 is 15.3 Å². The highest BCUT2D eigenvalue weighted by Gasteiger charge is 2.33. The molecule has 1 aliphatic rings. The monoisotopic (exact) mass is 412 g/mol. The number of aryl methyl sites for hydroxylation is 1. The lowest BCUT2D eigenvalue weighted by Crippen LogP contribution is -2.53. The summed E-state index contributed by atoms with van der Waals surface area (Å²) < 4.78 is 3.12. The van der Waals surface area contributed by atoms with Crippen LogP contribution in [0.15, 0.2) is 35.3 Å². The third-order valence-electron chi connectivity index (χ3n) is 5.22. The number of likely N-dealkylation sites (tertiary alicyclic amines) is 1. The highest BCUT2D eigenvalue weighted by Crippen LogP contribution is 2.27. The van der Waals surface area contributed by atoms with Gasteiger partial charge in [-0.2, -0.15) is 5.26 Å². The first kappa shape index (κ1) is 18.8. The van der Waals surface area contributed by atoms with E-state index in [2.05, 4.69) is 10.3 Å². The summed E-state index contributed by atoms with van der Waals surface area (Å²) in [5.41, 5.74) is 2.60. The largest absolute Gasteiger partial charge is 0.465 e. The maximum Gasteiger partial charge on any atom is 0.407 e. The molecule has 0 radical (unpaired) electrons. The Morgan fingerprint density at radius 1 is 1.41 bits per heavy atom. The topological polar surface area (TPSA) is 116 Å². The summed E-state index contributed by atoms with van der Waals surface area (Å²) in [4.78, 5) is 29.2. The number of carboxylic acid groups (broad SMARTS) is 1. The summed E-state index contributed by atoms with van der Waals surface area (Å²) in [6.45, 7) is 0.766. The Labute approximate surface area is 170 Å². The fourth-order valence-corrected chi connectivity index (χ4v) is 3.76. The van der Waals surface area contributed by atoms with Gasteiger partial charge in [0.05, 0.1) is 22.8 Å². The standard InChI is InChI=1S/C19H17ClN6O3/c1-24-15-3-2-11(23-14-4-6-22-17(20)13(14)9-21)8-16(15)26(18(24)27)10-12-5-7-25(12)19(28)29/h2-4,6,8,12H,5,7,10H2,1H3,(H,22,23)(H,28,29). The van der Waals surface area contributed by atoms with Gasteiger partial charge in [-0.25, -0.2) is 14.6 Å². The lowest BCUT2D eigenvalue weighted by Gasteiger charge is -2.38. The van der Waals surface area contributed by atoms with Crippen LogP contribution in [0.1, 0.15) is 12.0 Å². The Hall–Kier alpha value is -3.51. The number of pyridine rings is 1. The molecule has 3 aromatic rings. The number of nitriles is 1. The second-order valence-corrected chi connectivity index (χ2v) is 7.19. The van der Waals surface area contributed by atoms with Gasteiger partial charge in [-0.15, -0.1) is 0 Å². The van der Waals surface area contributed by atoms with Crippen LogP contribution in [-0.4, -0.2) is 42.8 Å². The molecule has 0 aliphatic carbocycles. The lowest BCUT2D eigenvalue weighted by molar-refractivity contribution is 0.0675. The Kier molecular flexibility index (Phi) is 4.64. The lowest BCUT2D eigenvalue weighted by atomic mass is 10.0. The van der Waals surface area contributed by atoms with Crippen LogP contribution in [0, 0.1) is 11.3 Å². The minimum Gasteiger partial charge on any atom is -0.465 e. The molecule has 3 heterocycles. The van der Waals surface area contributed by atoms with Gasteiger partial charge in [0.2, 0.25) is 0 Å². The van der Waals surface area contributed by atoms with Crippen LogP contribution in [0.4, 0.5) is 16.2 Å². The molecule has 0 bridgehead atoms. The minimum absolute atomic E-state index is 0.106. The van der Waals surface area contributed by atoms with Crippen molar-refractivity contribution in [3.63, 3.8) is 0 Å². The Balaban J connectivity index is 1.72. The minimum atomic E-state index is -0.976. The smallest absolute Gasteiger partial charge is 0.407 e. The van der Waals surface area contributed by atoms with Crippen LogP contribution in [0.2, 0.25) is 5.15 Å². The van der Waals surface area contributed by atoms with E-state index in [1.807, 2.05) is 6.07 Å². The van der Waals surface area contributed by atoms with E-state index in [1.165, 1.54) is 15.7 Å². The summed E-state index contributed by atoms with van der Waals surface area (Å²) in [6.07, 6.45) is 1.24. The van der Waals surface area contributed by atoms with Crippen LogP contribution < -0.4 is 11.0 Å². The zero-order valence-electron chi connectivity index (χ0n) is 15.5. The van der Waals surface area contributed by atoms with Gasteiger partial charge in [-0.1, -0.05) is 11.6 Å². The van der Waals surface area contributed by atoms with Crippen molar-refractivity contribution in [1.29, 1.82) is 5.26 Å². The SMILES string of the molecule is Cn1c(=O)n(CC2CCN2C(=O)O)c2cc(Nc3ccnc(Cl)c3C#N)ccc21. The second-order valence-electron chi connectivity index (χ2n) is 6.84. The Morgan fingerprint density at radius 2 is 2.21 bits per heavy atom. The fraction of sp³-hybridized carbons (Fsp3) is 0.263. The number of benzene rings is 1. The number of imidazole rings is 1. The molecule has 9 nitrogen and oxygen atoms in total. The van der Waals surface area contributed by atoms with Crippen LogP contribution in [-0.2, 0) is 13.6 Å². The van der Waals surface area contributed by atoms with Crippen molar-refractivity contribution in [2.24, 2.45) is 7.05 Å². The summed E-state index contributed by atoms with van der Waals surface area (Å²) >= 11 is 5.98. The molecule has 1 aromatic carbocycles. The molecule has 2 aromatic heterocycles. The zero-order valence-corrected chi connectivity index (χ0v) is 16.2. The zero-order chi connectivity index (χ0) is 20.7. The molecule has 1 unspecified atom stereocenters. The molecule has 1 saturated heterocycles. The third-order valence-corrected chi connectivity index (χ3v) is 5.51. The number of carbonyl (C=O) groups is 1. The van der Waals surface area contributed by atoms with E-state index in [-0.39, 0.29) is 29.0 Å². The van der Waals surface area contributed by atoms with Crippen LogP contribution in [0.5, 0.6) is 0 Å². The average molecular weight is 413 g/mol. The predicted octanol–water partition coefficient (Wildman–Crippen LogP) is 2.76. The van der Waals surface area contributed by atoms with Gasteiger partial charge in [0.1, 0.15) is 16.8 Å². The number of amides is 1. The first-order chi connectivity index (χ1) is 13.9. The number of hydrogen-bond acceptors (Lipinski definition) is 5. The first-order valence-electron chi connectivity index (χ1n) is 8.91. The summed E-state index contributed by atoms with van der Waals surface area (Å²) in [5, 5.41) is 21.8. The molecule has 1 amide bonds. The van der Waals surface area contributed by atoms with E-state index in [9.17, 15) is 20.0 Å². The molecule has 0 saturated carbocycles. The van der Waals surface area contributed by atoms with Crippen molar-refractivity contribution < 1.29 is 9.90 Å². The summed E-state index contributed by atoms with van der Waals surface area (Å²) in [5.74, 6) is 0. The normalized spacial score (nSPS) is 15.8. The maximum absolute atomic E-state index is 12.7. The number of anilines is 2. The molecule has 4 rings (SSSR count). The second kappa shape index (κ2) is 7.14. The van der Waals surface area contributed by atoms with Gasteiger partial charge in [-0.3, -0.25) is 9.13 Å². The van der Waals surface area contributed by atoms with E-state index in [0.717, 1.165) is 5.52 Å². The number of halogens is 1. The molecule has 29 heavy (non-hydrogen) atoms. The molecule has 10 heteroatoms. The number of nitrogens with zero attached hydrogens (tertiary/aromatic N) is 5. The molecular formula is C19H17ClN6O3. The van der Waals surface area contributed by atoms with Crippen molar-refractivity contribution in [2.45, 2.75) is 19.0 Å². The fourth-order valence-electron chi connectivity index (χ4n) is 3.56. The predicted molar refractivity (Wildman–Crippen MR) is 108 cm³/mol. The molecule has 1 aliphatic heterocycles. The van der Waals surface area contributed by atoms with Crippen molar-refractivity contribution in [1.82, 2.24) is 19.0 Å². The maximum atomic E-state index is 12.7. The van der Waals surface area contributed by atoms with Gasteiger partial charge in [0, 0.05) is 32.0 Å². The quantitative estimate of drug-likeness (QED) is 0.636. The van der Waals surface area contributed by atoms with E-state index in [1.54, 1.807) is 35.9 Å². The van der Waals surface area contributed by atoms with Crippen molar-refractivity contribution >= 4 is 40.1 Å². The van der Waals surface area contributed by atoms with Gasteiger partial charge >= 0.3 is 11.8 Å². The highest BCUT2D eigenvalue weighted by atomic mass is 35.5. The van der Waals surface area contributed by atoms with Crippen LogP contribution in [0.3, 0.4) is 0 Å². The van der Waals surface area contributed by atoms with E-state index < -0.39 is 6.09 Å². The molecular weight excluding hydrogens is 396 g/mol. The molecule has 2 N–H and O–H groups in total. The van der Waals surface area contributed by atoms with Crippen molar-refractivity contribution in [2.75, 3.05) is 11.9 Å².